The number of aliphatic carboxylic acids is 1. The van der Waals surface area contributed by atoms with Crippen LogP contribution in [0, 0.1) is 12.8 Å². The van der Waals surface area contributed by atoms with Gasteiger partial charge < -0.3 is 9.63 Å². The van der Waals surface area contributed by atoms with E-state index < -0.39 is 23.7 Å². The molecule has 0 bridgehead atoms. The van der Waals surface area contributed by atoms with Crippen LogP contribution in [0.1, 0.15) is 73.6 Å². The zero-order chi connectivity index (χ0) is 23.3. The third kappa shape index (κ3) is 3.92. The smallest absolute Gasteiger partial charge is 0.306 e. The highest BCUT2D eigenvalue weighted by Gasteiger charge is 2.51. The van der Waals surface area contributed by atoms with E-state index in [1.165, 1.54) is 10.7 Å². The first kappa shape index (κ1) is 22.0. The zero-order valence-corrected chi connectivity index (χ0v) is 18.7. The van der Waals surface area contributed by atoms with Gasteiger partial charge in [-0.2, -0.15) is 10.1 Å². The van der Waals surface area contributed by atoms with E-state index in [0.29, 0.717) is 36.5 Å². The zero-order valence-electron chi connectivity index (χ0n) is 18.0. The van der Waals surface area contributed by atoms with Crippen LogP contribution in [-0.4, -0.2) is 31.0 Å². The molecule has 2 aliphatic rings. The van der Waals surface area contributed by atoms with E-state index in [-0.39, 0.29) is 23.3 Å². The highest BCUT2D eigenvalue weighted by Crippen LogP contribution is 2.54. The normalized spacial score (nSPS) is 22.0. The fourth-order valence-electron chi connectivity index (χ4n) is 4.80. The van der Waals surface area contributed by atoms with Gasteiger partial charge in [-0.05, 0) is 68.7 Å². The van der Waals surface area contributed by atoms with Crippen LogP contribution >= 0.6 is 11.6 Å². The van der Waals surface area contributed by atoms with Gasteiger partial charge in [0.2, 0.25) is 0 Å². The molecule has 5 rings (SSSR count). The number of hydrogen-bond donors (Lipinski definition) is 1. The molecule has 2 aliphatic carbocycles. The van der Waals surface area contributed by atoms with E-state index >= 15 is 0 Å². The molecule has 7 nitrogen and oxygen atoms in total. The number of aryl methyl sites for hydroxylation is 1. The van der Waals surface area contributed by atoms with Crippen molar-refractivity contribution in [2.24, 2.45) is 5.92 Å². The largest absolute Gasteiger partial charge is 0.481 e. The van der Waals surface area contributed by atoms with Crippen molar-refractivity contribution in [3.05, 3.63) is 51.9 Å². The van der Waals surface area contributed by atoms with Crippen molar-refractivity contribution in [2.45, 2.75) is 63.3 Å². The van der Waals surface area contributed by atoms with Crippen LogP contribution in [-0.2, 0) is 10.2 Å². The van der Waals surface area contributed by atoms with Gasteiger partial charge >= 0.3 is 5.97 Å². The van der Waals surface area contributed by atoms with Crippen molar-refractivity contribution >= 4 is 17.6 Å². The summed E-state index contributed by atoms with van der Waals surface area (Å²) in [5.41, 5.74) is 1.50. The Morgan fingerprint density at radius 2 is 1.97 bits per heavy atom. The molecule has 1 aromatic carbocycles. The number of carbonyl (C=O) groups is 1. The summed E-state index contributed by atoms with van der Waals surface area (Å²) in [4.78, 5) is 15.7. The summed E-state index contributed by atoms with van der Waals surface area (Å²) in [6.45, 7) is 1.97. The van der Waals surface area contributed by atoms with Crippen molar-refractivity contribution in [2.75, 3.05) is 0 Å². The van der Waals surface area contributed by atoms with E-state index in [4.69, 9.17) is 16.1 Å². The second-order valence-electron chi connectivity index (χ2n) is 9.03. The molecule has 2 aromatic heterocycles. The van der Waals surface area contributed by atoms with Gasteiger partial charge in [0.05, 0.1) is 17.4 Å². The van der Waals surface area contributed by atoms with E-state index in [1.807, 2.05) is 25.1 Å². The van der Waals surface area contributed by atoms with Gasteiger partial charge in [-0.1, -0.05) is 28.9 Å². The number of benzene rings is 1. The molecular weight excluding hydrogens is 454 g/mol. The third-order valence-electron chi connectivity index (χ3n) is 6.84. The molecule has 0 aliphatic heterocycles. The molecule has 0 spiro atoms. The van der Waals surface area contributed by atoms with E-state index in [1.54, 1.807) is 0 Å². The molecule has 3 aromatic rings. The van der Waals surface area contributed by atoms with Crippen molar-refractivity contribution in [1.82, 2.24) is 19.9 Å². The first-order valence-electron chi connectivity index (χ1n) is 11.0. The third-order valence-corrected chi connectivity index (χ3v) is 7.16. The van der Waals surface area contributed by atoms with E-state index in [0.717, 1.165) is 24.0 Å². The Hall–Kier alpha value is -2.81. The maximum Gasteiger partial charge on any atom is 0.306 e. The number of alkyl halides is 2. The molecule has 2 fully saturated rings. The molecular formula is C23H23ClF2N4O3. The Balaban J connectivity index is 1.43. The summed E-state index contributed by atoms with van der Waals surface area (Å²) in [6, 6.07) is 6.84. The summed E-state index contributed by atoms with van der Waals surface area (Å²) < 4.78 is 34.3. The predicted molar refractivity (Wildman–Crippen MR) is 115 cm³/mol. The average Bonchev–Trinajstić information content (AvgIpc) is 3.22. The Morgan fingerprint density at radius 1 is 1.24 bits per heavy atom. The summed E-state index contributed by atoms with van der Waals surface area (Å²) in [6.07, 6.45) is 0.720. The van der Waals surface area contributed by atoms with Crippen molar-refractivity contribution in [1.29, 1.82) is 0 Å². The number of aromatic nitrogens is 4. The molecule has 0 amide bonds. The molecule has 2 heterocycles. The first-order valence-corrected chi connectivity index (χ1v) is 11.4. The number of carboxylic acids is 1. The Kier molecular flexibility index (Phi) is 5.47. The highest BCUT2D eigenvalue weighted by molar-refractivity contribution is 6.31. The van der Waals surface area contributed by atoms with Crippen LogP contribution < -0.4 is 0 Å². The Labute approximate surface area is 193 Å². The fraction of sp³-hybridized carbons (Fsp3) is 0.478. The maximum absolute atomic E-state index is 13.8. The number of halogens is 3. The summed E-state index contributed by atoms with van der Waals surface area (Å²) in [5, 5.41) is 18.4. The number of hydrogen-bond acceptors (Lipinski definition) is 5. The monoisotopic (exact) mass is 476 g/mol. The summed E-state index contributed by atoms with van der Waals surface area (Å²) in [5.74, 6) is -0.726. The predicted octanol–water partition coefficient (Wildman–Crippen LogP) is 5.73. The maximum atomic E-state index is 13.8. The molecule has 0 atom stereocenters. The lowest BCUT2D eigenvalue weighted by atomic mass is 9.86. The summed E-state index contributed by atoms with van der Waals surface area (Å²) in [7, 11) is 0. The van der Waals surface area contributed by atoms with Crippen LogP contribution in [0.2, 0.25) is 5.02 Å². The first-order chi connectivity index (χ1) is 15.8. The Bertz CT molecular complexity index is 1200. The minimum atomic E-state index is -2.73. The number of nitrogens with zero attached hydrogens (tertiary/aromatic N) is 4. The van der Waals surface area contributed by atoms with Crippen molar-refractivity contribution in [3.8, 4) is 11.6 Å². The lowest BCUT2D eigenvalue weighted by molar-refractivity contribution is -0.143. The quantitative estimate of drug-likeness (QED) is 0.488. The molecule has 2 saturated carbocycles. The van der Waals surface area contributed by atoms with Crippen LogP contribution in [0.15, 0.2) is 28.8 Å². The van der Waals surface area contributed by atoms with Crippen LogP contribution in [0.5, 0.6) is 0 Å². The van der Waals surface area contributed by atoms with Crippen LogP contribution in [0.4, 0.5) is 8.78 Å². The molecule has 174 valence electrons. The second kappa shape index (κ2) is 8.20. The number of rotatable bonds is 6. The van der Waals surface area contributed by atoms with Gasteiger partial charge in [-0.25, -0.2) is 8.78 Å². The lowest BCUT2D eigenvalue weighted by Gasteiger charge is -2.27. The second-order valence-corrected chi connectivity index (χ2v) is 9.44. The minimum Gasteiger partial charge on any atom is -0.481 e. The van der Waals surface area contributed by atoms with Crippen molar-refractivity contribution in [3.63, 3.8) is 0 Å². The average molecular weight is 477 g/mol. The molecule has 33 heavy (non-hydrogen) atoms. The van der Waals surface area contributed by atoms with Gasteiger partial charge in [-0.3, -0.25) is 9.48 Å². The Morgan fingerprint density at radius 3 is 2.58 bits per heavy atom. The topological polar surface area (TPSA) is 94.0 Å². The van der Waals surface area contributed by atoms with Crippen LogP contribution in [0.25, 0.3) is 11.6 Å². The summed E-state index contributed by atoms with van der Waals surface area (Å²) >= 11 is 6.48. The van der Waals surface area contributed by atoms with Gasteiger partial charge in [0.15, 0.2) is 11.5 Å². The van der Waals surface area contributed by atoms with E-state index in [9.17, 15) is 18.7 Å². The lowest BCUT2D eigenvalue weighted by Crippen LogP contribution is -2.24. The molecule has 10 heteroatoms. The van der Waals surface area contributed by atoms with Crippen LogP contribution in [0.3, 0.4) is 0 Å². The van der Waals surface area contributed by atoms with Gasteiger partial charge in [0.1, 0.15) is 5.69 Å². The minimum absolute atomic E-state index is 0.0828. The molecule has 0 radical (unpaired) electrons. The number of carboxylic acid groups (broad SMARTS) is 1. The fourth-order valence-corrected chi connectivity index (χ4v) is 5.22. The molecule has 0 saturated heterocycles. The highest BCUT2D eigenvalue weighted by atomic mass is 35.5. The molecule has 0 unspecified atom stereocenters. The van der Waals surface area contributed by atoms with Gasteiger partial charge in [-0.15, -0.1) is 0 Å². The molecule has 1 N–H and O–H groups in total. The standard InChI is InChI=1S/C23H23ClF2N4O3/c1-12-2-7-15(16(24)10-12)23(8-9-23)22-27-20(33-29-22)17-11-18(19(25)26)30(28-17)14-5-3-13(4-6-14)21(31)32/h2,7,10-11,13-14,19H,3-6,8-9H2,1H3,(H,31,32). The van der Waals surface area contributed by atoms with Gasteiger partial charge in [0.25, 0.3) is 12.3 Å². The SMILES string of the molecule is Cc1ccc(C2(c3noc(-c4cc(C(F)F)n(C5CCC(C(=O)O)CC5)n4)n3)CC2)c(Cl)c1. The van der Waals surface area contributed by atoms with Crippen molar-refractivity contribution < 1.29 is 23.2 Å². The van der Waals surface area contributed by atoms with Gasteiger partial charge in [0, 0.05) is 5.02 Å². The van der Waals surface area contributed by atoms with E-state index in [2.05, 4.69) is 15.2 Å².